The summed E-state index contributed by atoms with van der Waals surface area (Å²) in [5.74, 6) is 0.755. The summed E-state index contributed by atoms with van der Waals surface area (Å²) in [5.41, 5.74) is 5.27. The number of phenolic OH excluding ortho intramolecular Hbond substituents is 1. The number of rotatable bonds is 3. The number of aromatic amines is 1. The first kappa shape index (κ1) is 11.3. The average Bonchev–Trinajstić information content (AvgIpc) is 2.83. The molecule has 0 radical (unpaired) electrons. The molecule has 0 aliphatic rings. The van der Waals surface area contributed by atoms with Crippen LogP contribution in [0.1, 0.15) is 5.56 Å². The van der Waals surface area contributed by atoms with Gasteiger partial charge in [0.15, 0.2) is 0 Å². The molecule has 0 saturated heterocycles. The second-order valence-electron chi connectivity index (χ2n) is 4.03. The van der Waals surface area contributed by atoms with Gasteiger partial charge in [0.1, 0.15) is 5.75 Å². The fourth-order valence-electron chi connectivity index (χ4n) is 1.77. The molecule has 0 saturated carbocycles. The molecule has 1 heterocycles. The van der Waals surface area contributed by atoms with E-state index in [2.05, 4.69) is 20.5 Å². The van der Waals surface area contributed by atoms with Crippen molar-refractivity contribution in [3.8, 4) is 5.75 Å². The van der Waals surface area contributed by atoms with Gasteiger partial charge < -0.3 is 10.1 Å². The van der Waals surface area contributed by atoms with Gasteiger partial charge >= 0.3 is 0 Å². The van der Waals surface area contributed by atoms with Crippen molar-refractivity contribution in [2.45, 2.75) is 0 Å². The highest BCUT2D eigenvalue weighted by molar-refractivity contribution is 5.84. The summed E-state index contributed by atoms with van der Waals surface area (Å²) in [6.07, 6.45) is 1.54. The molecule has 0 aliphatic heterocycles. The molecule has 5 nitrogen and oxygen atoms in total. The third kappa shape index (κ3) is 2.40. The lowest BCUT2D eigenvalue weighted by molar-refractivity contribution is 0.474. The molecular weight excluding hydrogens is 240 g/mol. The molecule has 0 spiro atoms. The smallest absolute Gasteiger partial charge is 0.222 e. The number of fused-ring (bicyclic) bond motifs is 1. The normalized spacial score (nSPS) is 11.2. The monoisotopic (exact) mass is 252 g/mol. The molecule has 3 N–H and O–H groups in total. The zero-order valence-electron chi connectivity index (χ0n) is 10.0. The summed E-state index contributed by atoms with van der Waals surface area (Å²) in [6, 6.07) is 14.7. The third-order valence-electron chi connectivity index (χ3n) is 2.70. The largest absolute Gasteiger partial charge is 0.507 e. The predicted octanol–water partition coefficient (Wildman–Crippen LogP) is 2.71. The van der Waals surface area contributed by atoms with Gasteiger partial charge in [0.2, 0.25) is 5.95 Å². The van der Waals surface area contributed by atoms with Gasteiger partial charge in [-0.05, 0) is 24.3 Å². The Balaban J connectivity index is 1.77. The van der Waals surface area contributed by atoms with E-state index < -0.39 is 0 Å². The molecule has 0 fully saturated rings. The quantitative estimate of drug-likeness (QED) is 0.495. The Kier molecular flexibility index (Phi) is 2.86. The second kappa shape index (κ2) is 4.81. The lowest BCUT2D eigenvalue weighted by Crippen LogP contribution is -1.92. The molecule has 19 heavy (non-hydrogen) atoms. The number of anilines is 1. The highest BCUT2D eigenvalue weighted by atomic mass is 16.3. The van der Waals surface area contributed by atoms with Crippen molar-refractivity contribution in [3.63, 3.8) is 0 Å². The van der Waals surface area contributed by atoms with E-state index >= 15 is 0 Å². The van der Waals surface area contributed by atoms with Crippen LogP contribution in [0.2, 0.25) is 0 Å². The Morgan fingerprint density at radius 2 is 1.89 bits per heavy atom. The number of imidazole rings is 1. The van der Waals surface area contributed by atoms with E-state index in [0.29, 0.717) is 11.5 Å². The van der Waals surface area contributed by atoms with Gasteiger partial charge in [-0.25, -0.2) is 10.4 Å². The van der Waals surface area contributed by atoms with Crippen molar-refractivity contribution in [2.75, 3.05) is 5.43 Å². The van der Waals surface area contributed by atoms with E-state index in [-0.39, 0.29) is 5.75 Å². The minimum atomic E-state index is 0.192. The van der Waals surface area contributed by atoms with E-state index in [4.69, 9.17) is 0 Å². The predicted molar refractivity (Wildman–Crippen MR) is 75.4 cm³/mol. The summed E-state index contributed by atoms with van der Waals surface area (Å²) < 4.78 is 0. The van der Waals surface area contributed by atoms with Crippen LogP contribution in [-0.4, -0.2) is 21.3 Å². The van der Waals surface area contributed by atoms with Gasteiger partial charge in [-0.1, -0.05) is 24.3 Å². The summed E-state index contributed by atoms with van der Waals surface area (Å²) in [6.45, 7) is 0. The topological polar surface area (TPSA) is 73.3 Å². The van der Waals surface area contributed by atoms with Crippen LogP contribution in [0.15, 0.2) is 53.6 Å². The van der Waals surface area contributed by atoms with Crippen molar-refractivity contribution >= 4 is 23.2 Å². The third-order valence-corrected chi connectivity index (χ3v) is 2.70. The summed E-state index contributed by atoms with van der Waals surface area (Å²) >= 11 is 0. The standard InChI is InChI=1S/C14H12N4O/c19-13-8-4-1-5-10(13)9-15-18-14-16-11-6-2-3-7-12(11)17-14/h1-9,19H,(H2,16,17,18)/b15-9-. The number of H-pyrrole nitrogens is 1. The van der Waals surface area contributed by atoms with Crippen molar-refractivity contribution in [2.24, 2.45) is 5.10 Å². The average molecular weight is 252 g/mol. The number of para-hydroxylation sites is 3. The van der Waals surface area contributed by atoms with E-state index in [1.807, 2.05) is 30.3 Å². The Morgan fingerprint density at radius 3 is 2.74 bits per heavy atom. The fraction of sp³-hybridized carbons (Fsp3) is 0. The Hall–Kier alpha value is -2.82. The van der Waals surface area contributed by atoms with Crippen LogP contribution in [0, 0.1) is 0 Å². The molecule has 3 rings (SSSR count). The van der Waals surface area contributed by atoms with Crippen LogP contribution >= 0.6 is 0 Å². The Labute approximate surface area is 109 Å². The van der Waals surface area contributed by atoms with E-state index in [1.54, 1.807) is 24.4 Å². The van der Waals surface area contributed by atoms with Gasteiger partial charge in [-0.15, -0.1) is 0 Å². The number of benzene rings is 2. The van der Waals surface area contributed by atoms with Gasteiger partial charge in [0.05, 0.1) is 17.2 Å². The number of hydrogen-bond donors (Lipinski definition) is 3. The minimum Gasteiger partial charge on any atom is -0.507 e. The lowest BCUT2D eigenvalue weighted by Gasteiger charge is -1.97. The van der Waals surface area contributed by atoms with Gasteiger partial charge in [0, 0.05) is 5.56 Å². The van der Waals surface area contributed by atoms with Crippen LogP contribution in [0.25, 0.3) is 11.0 Å². The number of phenols is 1. The molecule has 0 atom stereocenters. The van der Waals surface area contributed by atoms with E-state index in [0.717, 1.165) is 11.0 Å². The van der Waals surface area contributed by atoms with Crippen molar-refractivity contribution < 1.29 is 5.11 Å². The molecule has 2 aromatic carbocycles. The maximum atomic E-state index is 9.58. The van der Waals surface area contributed by atoms with Crippen LogP contribution in [0.4, 0.5) is 5.95 Å². The molecule has 3 aromatic rings. The molecule has 0 unspecified atom stereocenters. The molecule has 94 valence electrons. The maximum Gasteiger partial charge on any atom is 0.222 e. The lowest BCUT2D eigenvalue weighted by atomic mass is 10.2. The summed E-state index contributed by atoms with van der Waals surface area (Å²) in [7, 11) is 0. The van der Waals surface area contributed by atoms with Gasteiger partial charge in [-0.3, -0.25) is 0 Å². The second-order valence-corrected chi connectivity index (χ2v) is 4.03. The molecule has 5 heteroatoms. The van der Waals surface area contributed by atoms with E-state index in [9.17, 15) is 5.11 Å². The molecule has 1 aromatic heterocycles. The number of nitrogens with zero attached hydrogens (tertiary/aromatic N) is 2. The zero-order chi connectivity index (χ0) is 13.1. The van der Waals surface area contributed by atoms with E-state index in [1.165, 1.54) is 0 Å². The molecule has 0 bridgehead atoms. The molecule has 0 amide bonds. The highest BCUT2D eigenvalue weighted by Crippen LogP contribution is 2.14. The first-order chi connectivity index (χ1) is 9.33. The van der Waals surface area contributed by atoms with Crippen LogP contribution in [0.3, 0.4) is 0 Å². The first-order valence-electron chi connectivity index (χ1n) is 5.85. The van der Waals surface area contributed by atoms with Gasteiger partial charge in [-0.2, -0.15) is 5.10 Å². The maximum absolute atomic E-state index is 9.58. The number of aromatic nitrogens is 2. The number of nitrogens with one attached hydrogen (secondary N) is 2. The SMILES string of the molecule is Oc1ccccc1/C=N\Nc1nc2ccccc2[nH]1. The fourth-order valence-corrected chi connectivity index (χ4v) is 1.77. The van der Waals surface area contributed by atoms with Crippen LogP contribution < -0.4 is 5.43 Å². The van der Waals surface area contributed by atoms with Crippen molar-refractivity contribution in [3.05, 3.63) is 54.1 Å². The molecular formula is C14H12N4O. The van der Waals surface area contributed by atoms with Crippen molar-refractivity contribution in [1.82, 2.24) is 9.97 Å². The Bertz CT molecular complexity index is 700. The number of hydrogen-bond acceptors (Lipinski definition) is 4. The number of hydrazone groups is 1. The van der Waals surface area contributed by atoms with Crippen molar-refractivity contribution in [1.29, 1.82) is 0 Å². The number of aromatic hydroxyl groups is 1. The van der Waals surface area contributed by atoms with Crippen LogP contribution in [0.5, 0.6) is 5.75 Å². The van der Waals surface area contributed by atoms with Gasteiger partial charge in [0.25, 0.3) is 0 Å². The summed E-state index contributed by atoms with van der Waals surface area (Å²) in [4.78, 5) is 7.42. The zero-order valence-corrected chi connectivity index (χ0v) is 10.0. The molecule has 0 aliphatic carbocycles. The Morgan fingerprint density at radius 1 is 1.11 bits per heavy atom. The summed E-state index contributed by atoms with van der Waals surface area (Å²) in [5, 5.41) is 13.6. The minimum absolute atomic E-state index is 0.192. The van der Waals surface area contributed by atoms with Crippen LogP contribution in [-0.2, 0) is 0 Å². The highest BCUT2D eigenvalue weighted by Gasteiger charge is 1.99. The first-order valence-corrected chi connectivity index (χ1v) is 5.85.